The predicted octanol–water partition coefficient (Wildman–Crippen LogP) is 4.74. The lowest BCUT2D eigenvalue weighted by Crippen LogP contribution is -2.40. The lowest BCUT2D eigenvalue weighted by Gasteiger charge is -2.33. The molecule has 1 aromatic heterocycles. The molecule has 2 aliphatic heterocycles. The Bertz CT molecular complexity index is 1110. The molecule has 1 atom stereocenters. The summed E-state index contributed by atoms with van der Waals surface area (Å²) >= 11 is 0. The van der Waals surface area contributed by atoms with Gasteiger partial charge >= 0.3 is 0 Å². The van der Waals surface area contributed by atoms with Crippen molar-refractivity contribution in [2.75, 3.05) is 13.1 Å². The third kappa shape index (κ3) is 4.77. The van der Waals surface area contributed by atoms with Crippen LogP contribution in [0.4, 0.5) is 4.39 Å². The van der Waals surface area contributed by atoms with Crippen LogP contribution < -0.4 is 4.74 Å². The SMILES string of the molecule is O=C(c1ccccc1OCc1ccc(F)cc1)N1CCCC(c2nnc3n2CCCCC3)C1. The second-order valence-corrected chi connectivity index (χ2v) is 8.94. The van der Waals surface area contributed by atoms with E-state index in [9.17, 15) is 9.18 Å². The van der Waals surface area contributed by atoms with E-state index < -0.39 is 0 Å². The number of aryl methyl sites for hydroxylation is 1. The molecule has 1 amide bonds. The van der Waals surface area contributed by atoms with Crippen LogP contribution >= 0.6 is 0 Å². The van der Waals surface area contributed by atoms with E-state index in [1.54, 1.807) is 12.1 Å². The monoisotopic (exact) mass is 448 g/mol. The van der Waals surface area contributed by atoms with Gasteiger partial charge in [0.15, 0.2) is 0 Å². The van der Waals surface area contributed by atoms with Crippen LogP contribution in [0.15, 0.2) is 48.5 Å². The van der Waals surface area contributed by atoms with Crippen molar-refractivity contribution in [3.63, 3.8) is 0 Å². The van der Waals surface area contributed by atoms with E-state index in [-0.39, 0.29) is 24.2 Å². The standard InChI is InChI=1S/C26H29FN4O2/c27-21-13-11-19(12-14-21)18-33-23-9-4-3-8-22(23)26(32)30-15-6-7-20(17-30)25-29-28-24-10-2-1-5-16-31(24)25/h3-4,8-9,11-14,20H,1-2,5-7,10,15-18H2. The molecule has 1 unspecified atom stereocenters. The maximum absolute atomic E-state index is 13.5. The second-order valence-electron chi connectivity index (χ2n) is 8.94. The van der Waals surface area contributed by atoms with Crippen LogP contribution in [0.5, 0.6) is 5.75 Å². The minimum absolute atomic E-state index is 0.0231. The van der Waals surface area contributed by atoms with Crippen LogP contribution in [0.1, 0.15) is 65.6 Å². The highest BCUT2D eigenvalue weighted by atomic mass is 19.1. The Labute approximate surface area is 193 Å². The number of ether oxygens (including phenoxy) is 1. The number of halogens is 1. The van der Waals surface area contributed by atoms with E-state index in [1.165, 1.54) is 25.0 Å². The number of likely N-dealkylation sites (tertiary alicyclic amines) is 1. The van der Waals surface area contributed by atoms with Gasteiger partial charge in [-0.1, -0.05) is 30.7 Å². The molecule has 0 spiro atoms. The van der Waals surface area contributed by atoms with Crippen molar-refractivity contribution < 1.29 is 13.9 Å². The number of carbonyl (C=O) groups is 1. The molecule has 0 bridgehead atoms. The molecule has 172 valence electrons. The van der Waals surface area contributed by atoms with E-state index in [1.807, 2.05) is 29.2 Å². The van der Waals surface area contributed by atoms with Gasteiger partial charge in [-0.2, -0.15) is 0 Å². The molecule has 0 aliphatic carbocycles. The van der Waals surface area contributed by atoms with Gasteiger partial charge in [-0.15, -0.1) is 10.2 Å². The number of fused-ring (bicyclic) bond motifs is 1. The number of amides is 1. The average molecular weight is 449 g/mol. The summed E-state index contributed by atoms with van der Waals surface area (Å²) in [6, 6.07) is 13.6. The summed E-state index contributed by atoms with van der Waals surface area (Å²) in [6.07, 6.45) is 6.50. The summed E-state index contributed by atoms with van der Waals surface area (Å²) < 4.78 is 21.4. The van der Waals surface area contributed by atoms with E-state index in [2.05, 4.69) is 14.8 Å². The van der Waals surface area contributed by atoms with E-state index in [4.69, 9.17) is 4.74 Å². The van der Waals surface area contributed by atoms with Crippen LogP contribution in [0.2, 0.25) is 0 Å². The number of hydrogen-bond acceptors (Lipinski definition) is 4. The lowest BCUT2D eigenvalue weighted by molar-refractivity contribution is 0.0698. The van der Waals surface area contributed by atoms with Crippen molar-refractivity contribution in [3.05, 3.63) is 77.1 Å². The Morgan fingerprint density at radius 3 is 2.73 bits per heavy atom. The number of benzene rings is 2. The molecule has 2 aromatic carbocycles. The van der Waals surface area contributed by atoms with Crippen molar-refractivity contribution in [1.82, 2.24) is 19.7 Å². The molecule has 3 heterocycles. The molecule has 1 saturated heterocycles. The zero-order valence-corrected chi connectivity index (χ0v) is 18.8. The molecular formula is C26H29FN4O2. The number of rotatable bonds is 5. The Balaban J connectivity index is 1.30. The molecule has 7 heteroatoms. The molecule has 33 heavy (non-hydrogen) atoms. The third-order valence-electron chi connectivity index (χ3n) is 6.64. The minimum atomic E-state index is -0.279. The van der Waals surface area contributed by atoms with E-state index in [0.29, 0.717) is 17.9 Å². The first kappa shape index (κ1) is 21.6. The van der Waals surface area contributed by atoms with Gasteiger partial charge in [-0.25, -0.2) is 4.39 Å². The quantitative estimate of drug-likeness (QED) is 0.566. The average Bonchev–Trinajstić information content (AvgIpc) is 3.11. The van der Waals surface area contributed by atoms with Crippen molar-refractivity contribution >= 4 is 5.91 Å². The number of piperidine rings is 1. The Kier molecular flexibility index (Phi) is 6.37. The normalized spacial score (nSPS) is 18.5. The molecule has 2 aliphatic rings. The van der Waals surface area contributed by atoms with Crippen molar-refractivity contribution in [1.29, 1.82) is 0 Å². The summed E-state index contributed by atoms with van der Waals surface area (Å²) in [6.45, 7) is 2.62. The van der Waals surface area contributed by atoms with Gasteiger partial charge in [-0.3, -0.25) is 4.79 Å². The zero-order valence-electron chi connectivity index (χ0n) is 18.8. The van der Waals surface area contributed by atoms with Gasteiger partial charge in [0, 0.05) is 32.0 Å². The van der Waals surface area contributed by atoms with Crippen LogP contribution in [-0.4, -0.2) is 38.7 Å². The molecule has 1 fully saturated rings. The van der Waals surface area contributed by atoms with Crippen LogP contribution in [0, 0.1) is 5.82 Å². The van der Waals surface area contributed by atoms with E-state index in [0.717, 1.165) is 56.0 Å². The molecular weight excluding hydrogens is 419 g/mol. The molecule has 0 radical (unpaired) electrons. The first-order valence-electron chi connectivity index (χ1n) is 11.9. The predicted molar refractivity (Wildman–Crippen MR) is 123 cm³/mol. The van der Waals surface area contributed by atoms with Gasteiger partial charge in [-0.05, 0) is 55.5 Å². The lowest BCUT2D eigenvalue weighted by atomic mass is 9.96. The minimum Gasteiger partial charge on any atom is -0.488 e. The topological polar surface area (TPSA) is 60.2 Å². The highest BCUT2D eigenvalue weighted by Crippen LogP contribution is 2.30. The maximum Gasteiger partial charge on any atom is 0.257 e. The van der Waals surface area contributed by atoms with Gasteiger partial charge in [0.05, 0.1) is 5.56 Å². The number of nitrogens with zero attached hydrogens (tertiary/aromatic N) is 4. The van der Waals surface area contributed by atoms with Crippen molar-refractivity contribution in [2.45, 2.75) is 57.6 Å². The van der Waals surface area contributed by atoms with Crippen LogP contribution in [-0.2, 0) is 19.6 Å². The zero-order chi connectivity index (χ0) is 22.6. The molecule has 5 rings (SSSR count). The molecule has 6 nitrogen and oxygen atoms in total. The summed E-state index contributed by atoms with van der Waals surface area (Å²) in [7, 11) is 0. The van der Waals surface area contributed by atoms with Crippen LogP contribution in [0.3, 0.4) is 0 Å². The summed E-state index contributed by atoms with van der Waals surface area (Å²) in [5.41, 5.74) is 1.41. The fourth-order valence-corrected chi connectivity index (χ4v) is 4.86. The smallest absolute Gasteiger partial charge is 0.257 e. The number of aromatic nitrogens is 3. The summed E-state index contributed by atoms with van der Waals surface area (Å²) in [4.78, 5) is 15.4. The highest BCUT2D eigenvalue weighted by molar-refractivity contribution is 5.97. The molecule has 0 saturated carbocycles. The van der Waals surface area contributed by atoms with E-state index >= 15 is 0 Å². The first-order valence-corrected chi connectivity index (χ1v) is 11.9. The Hall–Kier alpha value is -3.22. The number of para-hydroxylation sites is 1. The third-order valence-corrected chi connectivity index (χ3v) is 6.64. The largest absolute Gasteiger partial charge is 0.488 e. The second kappa shape index (κ2) is 9.73. The maximum atomic E-state index is 13.5. The van der Waals surface area contributed by atoms with Crippen molar-refractivity contribution in [2.24, 2.45) is 0 Å². The molecule has 0 N–H and O–H groups in total. The number of hydrogen-bond donors (Lipinski definition) is 0. The first-order chi connectivity index (χ1) is 16.2. The van der Waals surface area contributed by atoms with Crippen LogP contribution in [0.25, 0.3) is 0 Å². The van der Waals surface area contributed by atoms with Gasteiger partial charge in [0.25, 0.3) is 5.91 Å². The van der Waals surface area contributed by atoms with Gasteiger partial charge < -0.3 is 14.2 Å². The van der Waals surface area contributed by atoms with Gasteiger partial charge in [0.1, 0.15) is 29.8 Å². The van der Waals surface area contributed by atoms with Gasteiger partial charge in [0.2, 0.25) is 0 Å². The fraction of sp³-hybridized carbons (Fsp3) is 0.423. The summed E-state index contributed by atoms with van der Waals surface area (Å²) in [5, 5.41) is 9.00. The summed E-state index contributed by atoms with van der Waals surface area (Å²) in [5.74, 6) is 2.57. The fourth-order valence-electron chi connectivity index (χ4n) is 4.86. The Morgan fingerprint density at radius 2 is 1.85 bits per heavy atom. The van der Waals surface area contributed by atoms with Crippen molar-refractivity contribution in [3.8, 4) is 5.75 Å². The molecule has 3 aromatic rings. The number of carbonyl (C=O) groups excluding carboxylic acids is 1. The Morgan fingerprint density at radius 1 is 1.00 bits per heavy atom. The highest BCUT2D eigenvalue weighted by Gasteiger charge is 2.30.